The van der Waals surface area contributed by atoms with Crippen LogP contribution in [0, 0.1) is 0 Å². The molecule has 0 fully saturated rings. The van der Waals surface area contributed by atoms with E-state index in [2.05, 4.69) is 19.9 Å². The molecule has 0 saturated carbocycles. The average molecular weight is 417 g/mol. The quantitative estimate of drug-likeness (QED) is 0.521. The monoisotopic (exact) mass is 416 g/mol. The summed E-state index contributed by atoms with van der Waals surface area (Å²) in [4.78, 5) is 0. The summed E-state index contributed by atoms with van der Waals surface area (Å²) in [6.07, 6.45) is 2.98. The molecule has 0 N–H and O–H groups in total. The largest absolute Gasteiger partial charge is 0.496 e. The van der Waals surface area contributed by atoms with Gasteiger partial charge in [-0.15, -0.1) is 0 Å². The molecule has 0 spiro atoms. The molecule has 0 radical (unpaired) electrons. The van der Waals surface area contributed by atoms with E-state index < -0.39 is 0 Å². The first-order chi connectivity index (χ1) is 14.5. The Hall–Kier alpha value is -3.02. The molecule has 0 saturated heterocycles. The number of methoxy groups -OCH3 is 6. The summed E-state index contributed by atoms with van der Waals surface area (Å²) in [6, 6.07) is 7.59. The fraction of sp³-hybridized carbons (Fsp3) is 0.417. The fourth-order valence-corrected chi connectivity index (χ4v) is 3.62. The molecule has 6 heteroatoms. The van der Waals surface area contributed by atoms with Crippen LogP contribution < -0.4 is 28.4 Å². The van der Waals surface area contributed by atoms with Gasteiger partial charge in [0.25, 0.3) is 0 Å². The van der Waals surface area contributed by atoms with E-state index in [4.69, 9.17) is 28.4 Å². The van der Waals surface area contributed by atoms with Gasteiger partial charge in [-0.05, 0) is 25.5 Å². The van der Waals surface area contributed by atoms with Crippen LogP contribution in [-0.2, 0) is 0 Å². The molecule has 1 atom stereocenters. The van der Waals surface area contributed by atoms with E-state index in [-0.39, 0.29) is 5.92 Å². The summed E-state index contributed by atoms with van der Waals surface area (Å²) >= 11 is 0. The molecule has 0 aromatic heterocycles. The summed E-state index contributed by atoms with van der Waals surface area (Å²) < 4.78 is 33.0. The lowest BCUT2D eigenvalue weighted by Crippen LogP contribution is -2.04. The third-order valence-electron chi connectivity index (χ3n) is 5.19. The van der Waals surface area contributed by atoms with Crippen molar-refractivity contribution in [1.29, 1.82) is 0 Å². The van der Waals surface area contributed by atoms with Crippen molar-refractivity contribution in [2.24, 2.45) is 0 Å². The highest BCUT2D eigenvalue weighted by molar-refractivity contribution is 5.66. The van der Waals surface area contributed by atoms with Crippen molar-refractivity contribution in [3.05, 3.63) is 41.0 Å². The average Bonchev–Trinajstić information content (AvgIpc) is 2.78. The van der Waals surface area contributed by atoms with Gasteiger partial charge in [0.2, 0.25) is 0 Å². The Balaban J connectivity index is 2.58. The van der Waals surface area contributed by atoms with Gasteiger partial charge in [0.05, 0.1) is 42.7 Å². The highest BCUT2D eigenvalue weighted by atomic mass is 16.5. The second-order valence-electron chi connectivity index (χ2n) is 6.75. The summed E-state index contributed by atoms with van der Waals surface area (Å²) in [5, 5.41) is 0. The maximum atomic E-state index is 5.66. The molecule has 0 amide bonds. The van der Waals surface area contributed by atoms with Crippen LogP contribution in [0.15, 0.2) is 29.8 Å². The van der Waals surface area contributed by atoms with Gasteiger partial charge in [0.15, 0.2) is 23.0 Å². The number of benzene rings is 2. The molecule has 0 heterocycles. The summed E-state index contributed by atoms with van der Waals surface area (Å²) in [5.41, 5.74) is 3.09. The number of hydrogen-bond donors (Lipinski definition) is 0. The van der Waals surface area contributed by atoms with Crippen LogP contribution in [-0.4, -0.2) is 42.7 Å². The maximum absolute atomic E-state index is 5.66. The molecule has 30 heavy (non-hydrogen) atoms. The lowest BCUT2D eigenvalue weighted by atomic mass is 9.87. The Morgan fingerprint density at radius 2 is 1.10 bits per heavy atom. The molecular weight excluding hydrogens is 384 g/mol. The molecule has 2 rings (SSSR count). The van der Waals surface area contributed by atoms with Crippen LogP contribution in [0.1, 0.15) is 37.3 Å². The third-order valence-corrected chi connectivity index (χ3v) is 5.19. The van der Waals surface area contributed by atoms with Crippen molar-refractivity contribution in [3.63, 3.8) is 0 Å². The molecule has 6 nitrogen and oxygen atoms in total. The van der Waals surface area contributed by atoms with Crippen molar-refractivity contribution < 1.29 is 28.4 Å². The van der Waals surface area contributed by atoms with Crippen LogP contribution in [0.2, 0.25) is 0 Å². The van der Waals surface area contributed by atoms with Crippen molar-refractivity contribution >= 4 is 6.08 Å². The molecule has 0 aliphatic heterocycles. The van der Waals surface area contributed by atoms with Crippen LogP contribution >= 0.6 is 0 Å². The van der Waals surface area contributed by atoms with E-state index in [1.165, 1.54) is 0 Å². The molecule has 0 bridgehead atoms. The SMILES string of the molecule is CCC(/C(C)=C/c1cc(OC)c(OC)cc1OC)c1cc(OC)c(OC)cc1OC. The number of rotatable bonds is 10. The Kier molecular flexibility index (Phi) is 8.27. The summed E-state index contributed by atoms with van der Waals surface area (Å²) in [7, 11) is 9.77. The van der Waals surface area contributed by atoms with Gasteiger partial charge in [-0.1, -0.05) is 18.6 Å². The molecular formula is C24H32O6. The van der Waals surface area contributed by atoms with Gasteiger partial charge in [-0.3, -0.25) is 0 Å². The first-order valence-electron chi connectivity index (χ1n) is 9.75. The van der Waals surface area contributed by atoms with E-state index in [0.717, 1.165) is 28.9 Å². The molecule has 2 aromatic carbocycles. The van der Waals surface area contributed by atoms with Gasteiger partial charge in [-0.25, -0.2) is 0 Å². The predicted molar refractivity (Wildman–Crippen MR) is 119 cm³/mol. The van der Waals surface area contributed by atoms with E-state index in [0.29, 0.717) is 28.7 Å². The zero-order chi connectivity index (χ0) is 22.3. The smallest absolute Gasteiger partial charge is 0.164 e. The van der Waals surface area contributed by atoms with Crippen LogP contribution in [0.4, 0.5) is 0 Å². The molecule has 0 aliphatic carbocycles. The van der Waals surface area contributed by atoms with Crippen LogP contribution in [0.3, 0.4) is 0 Å². The standard InChI is InChI=1S/C24H32O6/c1-9-17(18-12-22(28-6)24(30-8)14-20(18)26-4)15(2)10-16-11-21(27-5)23(29-7)13-19(16)25-3/h10-14,17H,9H2,1-8H3/b15-10+. The Morgan fingerprint density at radius 1 is 0.667 bits per heavy atom. The zero-order valence-electron chi connectivity index (χ0n) is 19.1. The molecule has 1 unspecified atom stereocenters. The van der Waals surface area contributed by atoms with E-state index in [1.807, 2.05) is 24.3 Å². The topological polar surface area (TPSA) is 55.4 Å². The molecule has 2 aromatic rings. The highest BCUT2D eigenvalue weighted by Crippen LogP contribution is 2.43. The Bertz CT molecular complexity index is 888. The van der Waals surface area contributed by atoms with Gasteiger partial charge in [0.1, 0.15) is 11.5 Å². The lowest BCUT2D eigenvalue weighted by molar-refractivity contribution is 0.346. The van der Waals surface area contributed by atoms with E-state index >= 15 is 0 Å². The van der Waals surface area contributed by atoms with Crippen LogP contribution in [0.5, 0.6) is 34.5 Å². The maximum Gasteiger partial charge on any atom is 0.164 e. The minimum absolute atomic E-state index is 0.109. The fourth-order valence-electron chi connectivity index (χ4n) is 3.62. The first-order valence-corrected chi connectivity index (χ1v) is 9.75. The van der Waals surface area contributed by atoms with Crippen molar-refractivity contribution in [3.8, 4) is 34.5 Å². The summed E-state index contributed by atoms with van der Waals surface area (Å²) in [5.74, 6) is 4.15. The van der Waals surface area contributed by atoms with Gasteiger partial charge in [0, 0.05) is 29.2 Å². The molecule has 164 valence electrons. The second-order valence-corrected chi connectivity index (χ2v) is 6.75. The second kappa shape index (κ2) is 10.7. The van der Waals surface area contributed by atoms with Crippen molar-refractivity contribution in [1.82, 2.24) is 0 Å². The van der Waals surface area contributed by atoms with E-state index in [1.54, 1.807) is 42.7 Å². The van der Waals surface area contributed by atoms with Crippen molar-refractivity contribution in [2.45, 2.75) is 26.2 Å². The van der Waals surface area contributed by atoms with Gasteiger partial charge in [-0.2, -0.15) is 0 Å². The van der Waals surface area contributed by atoms with Crippen LogP contribution in [0.25, 0.3) is 6.08 Å². The first kappa shape index (κ1) is 23.3. The number of hydrogen-bond acceptors (Lipinski definition) is 6. The van der Waals surface area contributed by atoms with Crippen molar-refractivity contribution in [2.75, 3.05) is 42.7 Å². The Labute approximate surface area is 179 Å². The highest BCUT2D eigenvalue weighted by Gasteiger charge is 2.21. The minimum Gasteiger partial charge on any atom is -0.496 e. The predicted octanol–water partition coefficient (Wildman–Crippen LogP) is 5.34. The number of ether oxygens (including phenoxy) is 6. The molecule has 0 aliphatic rings. The number of allylic oxidation sites excluding steroid dienone is 1. The van der Waals surface area contributed by atoms with Gasteiger partial charge >= 0.3 is 0 Å². The third kappa shape index (κ3) is 4.75. The minimum atomic E-state index is 0.109. The summed E-state index contributed by atoms with van der Waals surface area (Å²) in [6.45, 7) is 4.24. The Morgan fingerprint density at radius 3 is 1.57 bits per heavy atom. The van der Waals surface area contributed by atoms with Gasteiger partial charge < -0.3 is 28.4 Å². The normalized spacial score (nSPS) is 12.2. The zero-order valence-corrected chi connectivity index (χ0v) is 19.1. The van der Waals surface area contributed by atoms with E-state index in [9.17, 15) is 0 Å². The lowest BCUT2D eigenvalue weighted by Gasteiger charge is -2.22.